The summed E-state index contributed by atoms with van der Waals surface area (Å²) in [5, 5.41) is 14.2. The number of carbonyl (C=O) groups excluding carboxylic acids is 2. The van der Waals surface area contributed by atoms with Crippen LogP contribution < -0.4 is 10.6 Å². The SMILES string of the molecule is CC(CCNC(=O)CNC(=O)c1ccc(Cl)cc1)C(=O)O. The van der Waals surface area contributed by atoms with Gasteiger partial charge in [0.05, 0.1) is 12.5 Å². The van der Waals surface area contributed by atoms with Gasteiger partial charge in [-0.25, -0.2) is 0 Å². The summed E-state index contributed by atoms with van der Waals surface area (Å²) in [6.45, 7) is 1.66. The molecule has 0 saturated carbocycles. The quantitative estimate of drug-likeness (QED) is 0.707. The minimum Gasteiger partial charge on any atom is -0.481 e. The van der Waals surface area contributed by atoms with Crippen LogP contribution in [0.25, 0.3) is 0 Å². The lowest BCUT2D eigenvalue weighted by molar-refractivity contribution is -0.141. The van der Waals surface area contributed by atoms with E-state index >= 15 is 0 Å². The third-order valence-electron chi connectivity index (χ3n) is 2.84. The van der Waals surface area contributed by atoms with E-state index in [1.54, 1.807) is 31.2 Å². The maximum absolute atomic E-state index is 11.7. The van der Waals surface area contributed by atoms with Crippen LogP contribution in [0.5, 0.6) is 0 Å². The van der Waals surface area contributed by atoms with Gasteiger partial charge in [0.2, 0.25) is 5.91 Å². The van der Waals surface area contributed by atoms with Gasteiger partial charge in [-0.1, -0.05) is 18.5 Å². The number of hydrogen-bond acceptors (Lipinski definition) is 3. The molecule has 0 aliphatic rings. The van der Waals surface area contributed by atoms with Gasteiger partial charge in [-0.2, -0.15) is 0 Å². The molecule has 0 radical (unpaired) electrons. The Bertz CT molecular complexity index is 516. The van der Waals surface area contributed by atoms with Crippen LogP contribution in [-0.2, 0) is 9.59 Å². The van der Waals surface area contributed by atoms with Gasteiger partial charge in [-0.05, 0) is 30.7 Å². The molecule has 0 aromatic heterocycles. The van der Waals surface area contributed by atoms with Crippen LogP contribution in [0.1, 0.15) is 23.7 Å². The molecule has 114 valence electrons. The average Bonchev–Trinajstić information content (AvgIpc) is 2.45. The van der Waals surface area contributed by atoms with Crippen molar-refractivity contribution in [3.63, 3.8) is 0 Å². The van der Waals surface area contributed by atoms with Crippen LogP contribution >= 0.6 is 11.6 Å². The molecule has 21 heavy (non-hydrogen) atoms. The van der Waals surface area contributed by atoms with Gasteiger partial charge in [0.25, 0.3) is 5.91 Å². The Labute approximate surface area is 127 Å². The van der Waals surface area contributed by atoms with Crippen LogP contribution in [-0.4, -0.2) is 36.0 Å². The first-order valence-corrected chi connectivity index (χ1v) is 6.81. The first kappa shape index (κ1) is 17.0. The maximum Gasteiger partial charge on any atom is 0.306 e. The first-order valence-electron chi connectivity index (χ1n) is 6.43. The van der Waals surface area contributed by atoms with Gasteiger partial charge in [0.1, 0.15) is 0 Å². The number of benzene rings is 1. The lowest BCUT2D eigenvalue weighted by Crippen LogP contribution is -2.37. The minimum absolute atomic E-state index is 0.164. The van der Waals surface area contributed by atoms with E-state index in [9.17, 15) is 14.4 Å². The molecule has 0 aliphatic heterocycles. The van der Waals surface area contributed by atoms with Crippen molar-refractivity contribution in [1.29, 1.82) is 0 Å². The first-order chi connectivity index (χ1) is 9.90. The number of amides is 2. The minimum atomic E-state index is -0.903. The highest BCUT2D eigenvalue weighted by atomic mass is 35.5. The molecule has 1 aromatic rings. The Morgan fingerprint density at radius 2 is 1.81 bits per heavy atom. The summed E-state index contributed by atoms with van der Waals surface area (Å²) in [6.07, 6.45) is 0.339. The zero-order valence-corrected chi connectivity index (χ0v) is 12.3. The van der Waals surface area contributed by atoms with E-state index in [1.165, 1.54) is 0 Å². The third kappa shape index (κ3) is 6.27. The number of aliphatic carboxylic acids is 1. The highest BCUT2D eigenvalue weighted by Gasteiger charge is 2.11. The van der Waals surface area contributed by atoms with Crippen molar-refractivity contribution in [3.8, 4) is 0 Å². The molecule has 0 fully saturated rings. The van der Waals surface area contributed by atoms with E-state index < -0.39 is 11.9 Å². The van der Waals surface area contributed by atoms with Crippen LogP contribution in [0, 0.1) is 5.92 Å². The maximum atomic E-state index is 11.7. The number of halogens is 1. The van der Waals surface area contributed by atoms with Crippen molar-refractivity contribution in [2.24, 2.45) is 5.92 Å². The zero-order chi connectivity index (χ0) is 15.8. The van der Waals surface area contributed by atoms with Crippen molar-refractivity contribution < 1.29 is 19.5 Å². The summed E-state index contributed by atoms with van der Waals surface area (Å²) < 4.78 is 0. The summed E-state index contributed by atoms with van der Waals surface area (Å²) >= 11 is 5.71. The van der Waals surface area contributed by atoms with Gasteiger partial charge < -0.3 is 15.7 Å². The largest absolute Gasteiger partial charge is 0.481 e. The molecule has 1 atom stereocenters. The van der Waals surface area contributed by atoms with Crippen molar-refractivity contribution >= 4 is 29.4 Å². The standard InChI is InChI=1S/C14H17ClN2O4/c1-9(14(20)21)6-7-16-12(18)8-17-13(19)10-2-4-11(15)5-3-10/h2-5,9H,6-8H2,1H3,(H,16,18)(H,17,19)(H,20,21). The molecule has 0 heterocycles. The fourth-order valence-corrected chi connectivity index (χ4v) is 1.60. The van der Waals surface area contributed by atoms with E-state index in [0.29, 0.717) is 17.0 Å². The fourth-order valence-electron chi connectivity index (χ4n) is 1.48. The Morgan fingerprint density at radius 1 is 1.19 bits per heavy atom. The van der Waals surface area contributed by atoms with Gasteiger partial charge in [-0.15, -0.1) is 0 Å². The molecule has 1 aromatic carbocycles. The number of carbonyl (C=O) groups is 3. The molecular weight excluding hydrogens is 296 g/mol. The van der Waals surface area contributed by atoms with Crippen LogP contribution in [0.4, 0.5) is 0 Å². The molecule has 0 spiro atoms. The molecule has 1 rings (SSSR count). The van der Waals surface area contributed by atoms with E-state index in [1.807, 2.05) is 0 Å². The van der Waals surface area contributed by atoms with Gasteiger partial charge >= 0.3 is 5.97 Å². The second-order valence-electron chi connectivity index (χ2n) is 4.57. The van der Waals surface area contributed by atoms with E-state index in [0.717, 1.165) is 0 Å². The molecular formula is C14H17ClN2O4. The van der Waals surface area contributed by atoms with Crippen molar-refractivity contribution in [2.45, 2.75) is 13.3 Å². The Balaban J connectivity index is 2.28. The van der Waals surface area contributed by atoms with E-state index in [2.05, 4.69) is 10.6 Å². The molecule has 0 aliphatic carbocycles. The highest BCUT2D eigenvalue weighted by Crippen LogP contribution is 2.09. The predicted octanol–water partition coefficient (Wildman–Crippen LogP) is 1.30. The molecule has 2 amide bonds. The topological polar surface area (TPSA) is 95.5 Å². The van der Waals surface area contributed by atoms with E-state index in [-0.39, 0.29) is 24.9 Å². The van der Waals surface area contributed by atoms with E-state index in [4.69, 9.17) is 16.7 Å². The van der Waals surface area contributed by atoms with Crippen molar-refractivity contribution in [1.82, 2.24) is 10.6 Å². The Kier molecular flexibility index (Phi) is 6.68. The Morgan fingerprint density at radius 3 is 2.38 bits per heavy atom. The fraction of sp³-hybridized carbons (Fsp3) is 0.357. The monoisotopic (exact) mass is 312 g/mol. The number of nitrogens with one attached hydrogen (secondary N) is 2. The molecule has 0 saturated heterocycles. The second-order valence-corrected chi connectivity index (χ2v) is 5.00. The number of carboxylic acids is 1. The molecule has 7 heteroatoms. The molecule has 6 nitrogen and oxygen atoms in total. The van der Waals surface area contributed by atoms with Gasteiger partial charge in [0, 0.05) is 17.1 Å². The number of rotatable bonds is 7. The summed E-state index contributed by atoms with van der Waals surface area (Å²) in [7, 11) is 0. The van der Waals surface area contributed by atoms with Crippen LogP contribution in [0.3, 0.4) is 0 Å². The summed E-state index contributed by atoms with van der Waals surface area (Å²) in [4.78, 5) is 33.8. The lowest BCUT2D eigenvalue weighted by Gasteiger charge is -2.09. The van der Waals surface area contributed by atoms with Crippen molar-refractivity contribution in [2.75, 3.05) is 13.1 Å². The summed E-state index contributed by atoms with van der Waals surface area (Å²) in [5.74, 6) is -2.16. The highest BCUT2D eigenvalue weighted by molar-refractivity contribution is 6.30. The third-order valence-corrected chi connectivity index (χ3v) is 3.09. The van der Waals surface area contributed by atoms with Gasteiger partial charge in [-0.3, -0.25) is 14.4 Å². The summed E-state index contributed by atoms with van der Waals surface area (Å²) in [5.41, 5.74) is 0.409. The average molecular weight is 313 g/mol. The Hall–Kier alpha value is -2.08. The number of hydrogen-bond donors (Lipinski definition) is 3. The second kappa shape index (κ2) is 8.26. The zero-order valence-electron chi connectivity index (χ0n) is 11.6. The normalized spacial score (nSPS) is 11.5. The molecule has 0 bridgehead atoms. The van der Waals surface area contributed by atoms with Crippen LogP contribution in [0.15, 0.2) is 24.3 Å². The van der Waals surface area contributed by atoms with Gasteiger partial charge in [0.15, 0.2) is 0 Å². The summed E-state index contributed by atoms with van der Waals surface area (Å²) in [6, 6.07) is 6.29. The molecule has 3 N–H and O–H groups in total. The van der Waals surface area contributed by atoms with Crippen molar-refractivity contribution in [3.05, 3.63) is 34.9 Å². The number of carboxylic acid groups (broad SMARTS) is 1. The lowest BCUT2D eigenvalue weighted by atomic mass is 10.1. The predicted molar refractivity (Wildman–Crippen MR) is 78.2 cm³/mol. The van der Waals surface area contributed by atoms with Crippen LogP contribution in [0.2, 0.25) is 5.02 Å². The smallest absolute Gasteiger partial charge is 0.306 e. The molecule has 1 unspecified atom stereocenters.